The third kappa shape index (κ3) is 3.87. The first-order valence-electron chi connectivity index (χ1n) is 7.11. The van der Waals surface area contributed by atoms with Gasteiger partial charge in [-0.05, 0) is 37.6 Å². The van der Waals surface area contributed by atoms with E-state index in [1.165, 1.54) is 19.2 Å². The molecule has 2 rings (SSSR count). The van der Waals surface area contributed by atoms with Crippen LogP contribution in [-0.4, -0.2) is 46.6 Å². The Morgan fingerprint density at radius 1 is 1.48 bits per heavy atom. The average Bonchev–Trinajstić information content (AvgIpc) is 2.93. The van der Waals surface area contributed by atoms with Gasteiger partial charge in [-0.1, -0.05) is 6.92 Å². The second-order valence-electron chi connectivity index (χ2n) is 5.30. The first-order valence-corrected chi connectivity index (χ1v) is 8.60. The Morgan fingerprint density at radius 3 is 2.86 bits per heavy atom. The fourth-order valence-electron chi connectivity index (χ4n) is 2.54. The maximum atomic E-state index is 12.3. The second-order valence-corrected chi connectivity index (χ2v) is 7.07. The summed E-state index contributed by atoms with van der Waals surface area (Å²) in [5, 5.41) is 0. The predicted molar refractivity (Wildman–Crippen MR) is 82.8 cm³/mol. The summed E-state index contributed by atoms with van der Waals surface area (Å²) in [6.07, 6.45) is 1.03. The van der Waals surface area contributed by atoms with E-state index in [1.54, 1.807) is 6.07 Å². The van der Waals surface area contributed by atoms with Crippen LogP contribution >= 0.6 is 0 Å². The van der Waals surface area contributed by atoms with Gasteiger partial charge in [0.2, 0.25) is 10.0 Å². The highest BCUT2D eigenvalue weighted by Crippen LogP contribution is 2.25. The number of nitrogens with one attached hydrogen (secondary N) is 1. The van der Waals surface area contributed by atoms with E-state index in [0.717, 1.165) is 26.1 Å². The minimum absolute atomic E-state index is 0.180. The summed E-state index contributed by atoms with van der Waals surface area (Å²) in [7, 11) is -2.06. The Balaban J connectivity index is 2.02. The molecule has 6 nitrogen and oxygen atoms in total. The predicted octanol–water partition coefficient (Wildman–Crippen LogP) is 0.898. The van der Waals surface area contributed by atoms with Gasteiger partial charge in [-0.15, -0.1) is 0 Å². The Kier molecular flexibility index (Phi) is 5.08. The summed E-state index contributed by atoms with van der Waals surface area (Å²) < 4.78 is 32.3. The van der Waals surface area contributed by atoms with Crippen LogP contribution < -0.4 is 15.2 Å². The van der Waals surface area contributed by atoms with E-state index < -0.39 is 10.0 Å². The average molecular weight is 313 g/mol. The number of methoxy groups -OCH3 is 1. The summed E-state index contributed by atoms with van der Waals surface area (Å²) in [6.45, 7) is 5.58. The highest BCUT2D eigenvalue weighted by Gasteiger charge is 2.23. The highest BCUT2D eigenvalue weighted by atomic mass is 32.2. The molecule has 0 saturated carbocycles. The molecule has 1 saturated heterocycles. The van der Waals surface area contributed by atoms with Gasteiger partial charge in [0.05, 0.1) is 17.7 Å². The molecule has 1 unspecified atom stereocenters. The van der Waals surface area contributed by atoms with E-state index in [1.807, 2.05) is 0 Å². The van der Waals surface area contributed by atoms with Gasteiger partial charge < -0.3 is 15.4 Å². The van der Waals surface area contributed by atoms with Gasteiger partial charge >= 0.3 is 0 Å². The monoisotopic (exact) mass is 313 g/mol. The number of sulfonamides is 1. The first kappa shape index (κ1) is 16.1. The fraction of sp³-hybridized carbons (Fsp3) is 0.571. The Hall–Kier alpha value is -1.31. The van der Waals surface area contributed by atoms with Crippen molar-refractivity contribution >= 4 is 15.7 Å². The zero-order chi connectivity index (χ0) is 15.5. The summed E-state index contributed by atoms with van der Waals surface area (Å²) in [6, 6.07) is 4.49. The van der Waals surface area contributed by atoms with Gasteiger partial charge in [-0.25, -0.2) is 13.1 Å². The number of benzene rings is 1. The molecule has 0 spiro atoms. The Labute approximate surface area is 126 Å². The lowest BCUT2D eigenvalue weighted by atomic mass is 10.1. The van der Waals surface area contributed by atoms with Crippen molar-refractivity contribution in [2.75, 3.05) is 39.0 Å². The lowest BCUT2D eigenvalue weighted by Crippen LogP contribution is -2.31. The number of rotatable bonds is 6. The third-order valence-corrected chi connectivity index (χ3v) is 5.32. The maximum Gasteiger partial charge on any atom is 0.240 e. The molecule has 21 heavy (non-hydrogen) atoms. The number of nitrogens with two attached hydrogens (primary N) is 1. The molecule has 0 bridgehead atoms. The molecule has 1 aromatic carbocycles. The normalized spacial score (nSPS) is 19.8. The third-order valence-electron chi connectivity index (χ3n) is 3.89. The van der Waals surface area contributed by atoms with Crippen molar-refractivity contribution in [1.82, 2.24) is 9.62 Å². The van der Waals surface area contributed by atoms with Crippen LogP contribution in [0.25, 0.3) is 0 Å². The lowest BCUT2D eigenvalue weighted by molar-refractivity contribution is 0.342. The maximum absolute atomic E-state index is 12.3. The second kappa shape index (κ2) is 6.64. The number of hydrogen-bond donors (Lipinski definition) is 2. The minimum Gasteiger partial charge on any atom is -0.495 e. The van der Waals surface area contributed by atoms with Crippen molar-refractivity contribution in [1.29, 1.82) is 0 Å². The van der Waals surface area contributed by atoms with Crippen LogP contribution in [0.5, 0.6) is 5.75 Å². The van der Waals surface area contributed by atoms with Crippen molar-refractivity contribution in [3.8, 4) is 5.75 Å². The molecule has 7 heteroatoms. The molecule has 0 aliphatic carbocycles. The quantitative estimate of drug-likeness (QED) is 0.762. The van der Waals surface area contributed by atoms with Crippen molar-refractivity contribution in [3.63, 3.8) is 0 Å². The van der Waals surface area contributed by atoms with Crippen molar-refractivity contribution in [2.24, 2.45) is 5.92 Å². The lowest BCUT2D eigenvalue weighted by Gasteiger charge is -2.14. The zero-order valence-electron chi connectivity index (χ0n) is 12.5. The SMILES string of the molecule is CCN1CCC(CNS(=O)(=O)c2ccc(N)c(OC)c2)C1. The number of ether oxygens (including phenoxy) is 1. The largest absolute Gasteiger partial charge is 0.495 e. The number of nitrogens with zero attached hydrogens (tertiary/aromatic N) is 1. The molecular weight excluding hydrogens is 290 g/mol. The van der Waals surface area contributed by atoms with Gasteiger partial charge in [-0.2, -0.15) is 0 Å². The molecular formula is C14H23N3O3S. The Bertz CT molecular complexity index is 589. The van der Waals surface area contributed by atoms with Crippen molar-refractivity contribution in [3.05, 3.63) is 18.2 Å². The van der Waals surface area contributed by atoms with Gasteiger partial charge in [-0.3, -0.25) is 0 Å². The molecule has 1 aliphatic rings. The van der Waals surface area contributed by atoms with E-state index in [9.17, 15) is 8.42 Å². The van der Waals surface area contributed by atoms with E-state index >= 15 is 0 Å². The molecule has 0 amide bonds. The summed E-state index contributed by atoms with van der Waals surface area (Å²) in [5.74, 6) is 0.742. The van der Waals surface area contributed by atoms with Crippen LogP contribution in [-0.2, 0) is 10.0 Å². The van der Waals surface area contributed by atoms with Crippen LogP contribution in [0.15, 0.2) is 23.1 Å². The van der Waals surface area contributed by atoms with Crippen LogP contribution in [0, 0.1) is 5.92 Å². The van der Waals surface area contributed by atoms with Crippen LogP contribution in [0.2, 0.25) is 0 Å². The van der Waals surface area contributed by atoms with E-state index in [4.69, 9.17) is 10.5 Å². The van der Waals surface area contributed by atoms with Gasteiger partial charge in [0.1, 0.15) is 5.75 Å². The van der Waals surface area contributed by atoms with Crippen molar-refractivity contribution in [2.45, 2.75) is 18.2 Å². The summed E-state index contributed by atoms with van der Waals surface area (Å²) in [5.41, 5.74) is 6.12. The molecule has 1 aliphatic heterocycles. The molecule has 1 heterocycles. The smallest absolute Gasteiger partial charge is 0.240 e. The Morgan fingerprint density at radius 2 is 2.24 bits per heavy atom. The molecule has 3 N–H and O–H groups in total. The molecule has 0 aromatic heterocycles. The van der Waals surface area contributed by atoms with Crippen LogP contribution in [0.1, 0.15) is 13.3 Å². The summed E-state index contributed by atoms with van der Waals surface area (Å²) in [4.78, 5) is 2.50. The first-order chi connectivity index (χ1) is 9.96. The van der Waals surface area contributed by atoms with Gasteiger partial charge in [0.25, 0.3) is 0 Å². The van der Waals surface area contributed by atoms with Crippen LogP contribution in [0.3, 0.4) is 0 Å². The minimum atomic E-state index is -3.53. The number of likely N-dealkylation sites (tertiary alicyclic amines) is 1. The van der Waals surface area contributed by atoms with Crippen molar-refractivity contribution < 1.29 is 13.2 Å². The molecule has 1 fully saturated rings. The molecule has 0 radical (unpaired) electrons. The number of anilines is 1. The zero-order valence-corrected chi connectivity index (χ0v) is 13.3. The molecule has 1 aromatic rings. The fourth-order valence-corrected chi connectivity index (χ4v) is 3.67. The van der Waals surface area contributed by atoms with Gasteiger partial charge in [0, 0.05) is 19.2 Å². The topological polar surface area (TPSA) is 84.7 Å². The molecule has 1 atom stereocenters. The van der Waals surface area contributed by atoms with Crippen LogP contribution in [0.4, 0.5) is 5.69 Å². The van der Waals surface area contributed by atoms with Gasteiger partial charge in [0.15, 0.2) is 0 Å². The summed E-state index contributed by atoms with van der Waals surface area (Å²) >= 11 is 0. The molecule has 118 valence electrons. The number of nitrogen functional groups attached to an aromatic ring is 1. The van der Waals surface area contributed by atoms with E-state index in [2.05, 4.69) is 16.5 Å². The van der Waals surface area contributed by atoms with E-state index in [-0.39, 0.29) is 4.90 Å². The standard InChI is InChI=1S/C14H23N3O3S/c1-3-17-7-6-11(10-17)9-16-21(18,19)12-4-5-13(15)14(8-12)20-2/h4-5,8,11,16H,3,6-7,9-10,15H2,1-2H3. The van der Waals surface area contributed by atoms with E-state index in [0.29, 0.717) is 23.9 Å². The number of hydrogen-bond acceptors (Lipinski definition) is 5. The highest BCUT2D eigenvalue weighted by molar-refractivity contribution is 7.89.